The quantitative estimate of drug-likeness (QED) is 0.632. The molecule has 0 radical (unpaired) electrons. The van der Waals surface area contributed by atoms with Gasteiger partial charge in [0.15, 0.2) is 0 Å². The Bertz CT molecular complexity index is 823. The normalized spacial score (nSPS) is 13.1. The summed E-state index contributed by atoms with van der Waals surface area (Å²) in [5, 5.41) is 0.690. The zero-order valence-corrected chi connectivity index (χ0v) is 11.4. The molecule has 0 atom stereocenters. The summed E-state index contributed by atoms with van der Waals surface area (Å²) in [5.74, 6) is 2.11. The SMILES string of the molecule is O=c1c2ccc3c(c2[se]n1-c1ccccn1)OCO3. The molecule has 0 unspecified atom stereocenters. The molecule has 5 nitrogen and oxygen atoms in total. The zero-order valence-electron chi connectivity index (χ0n) is 9.70. The van der Waals surface area contributed by atoms with Crippen LogP contribution >= 0.6 is 0 Å². The molecular formula is C13H8N2O3Se. The predicted octanol–water partition coefficient (Wildman–Crippen LogP) is 1.17. The summed E-state index contributed by atoms with van der Waals surface area (Å²) < 4.78 is 13.5. The molecular weight excluding hydrogens is 311 g/mol. The van der Waals surface area contributed by atoms with Crippen molar-refractivity contribution in [2.24, 2.45) is 0 Å². The van der Waals surface area contributed by atoms with Crippen molar-refractivity contribution in [1.29, 1.82) is 0 Å². The second kappa shape index (κ2) is 3.98. The number of benzene rings is 1. The summed E-state index contributed by atoms with van der Waals surface area (Å²) >= 11 is -0.167. The number of nitrogens with zero attached hydrogens (tertiary/aromatic N) is 2. The van der Waals surface area contributed by atoms with Gasteiger partial charge in [-0.05, 0) is 0 Å². The third-order valence-corrected chi connectivity index (χ3v) is 5.31. The van der Waals surface area contributed by atoms with Crippen LogP contribution in [0.5, 0.6) is 11.5 Å². The van der Waals surface area contributed by atoms with Crippen molar-refractivity contribution >= 4 is 24.4 Å². The molecule has 0 saturated carbocycles. The van der Waals surface area contributed by atoms with E-state index in [1.807, 2.05) is 18.2 Å². The fraction of sp³-hybridized carbons (Fsp3) is 0.0769. The molecule has 1 aliphatic heterocycles. The minimum atomic E-state index is -0.167. The molecule has 0 fully saturated rings. The number of ether oxygens (including phenoxy) is 2. The molecule has 0 amide bonds. The van der Waals surface area contributed by atoms with Gasteiger partial charge in [0.2, 0.25) is 0 Å². The van der Waals surface area contributed by atoms with Crippen LogP contribution in [0.2, 0.25) is 0 Å². The Kier molecular flexibility index (Phi) is 2.27. The van der Waals surface area contributed by atoms with Crippen molar-refractivity contribution in [1.82, 2.24) is 8.55 Å². The number of hydrogen-bond acceptors (Lipinski definition) is 4. The average molecular weight is 319 g/mol. The van der Waals surface area contributed by atoms with Gasteiger partial charge >= 0.3 is 113 Å². The van der Waals surface area contributed by atoms with Crippen molar-refractivity contribution in [3.8, 4) is 17.3 Å². The molecule has 19 heavy (non-hydrogen) atoms. The first-order valence-electron chi connectivity index (χ1n) is 5.70. The van der Waals surface area contributed by atoms with E-state index >= 15 is 0 Å². The van der Waals surface area contributed by atoms with Crippen LogP contribution in [0.1, 0.15) is 0 Å². The van der Waals surface area contributed by atoms with Gasteiger partial charge in [0, 0.05) is 0 Å². The molecule has 1 aliphatic rings. The molecule has 0 saturated heterocycles. The van der Waals surface area contributed by atoms with Crippen LogP contribution in [-0.2, 0) is 0 Å². The van der Waals surface area contributed by atoms with Crippen LogP contribution in [0.15, 0.2) is 41.3 Å². The van der Waals surface area contributed by atoms with Gasteiger partial charge in [-0.3, -0.25) is 0 Å². The number of pyridine rings is 1. The summed E-state index contributed by atoms with van der Waals surface area (Å²) in [6.07, 6.45) is 1.69. The molecule has 2 aromatic heterocycles. The Morgan fingerprint density at radius 2 is 2.16 bits per heavy atom. The van der Waals surface area contributed by atoms with E-state index in [-0.39, 0.29) is 27.1 Å². The summed E-state index contributed by atoms with van der Waals surface area (Å²) in [4.78, 5) is 16.6. The van der Waals surface area contributed by atoms with Gasteiger partial charge in [-0.1, -0.05) is 0 Å². The number of fused-ring (bicyclic) bond motifs is 3. The molecule has 0 bridgehead atoms. The molecule has 6 heteroatoms. The topological polar surface area (TPSA) is 53.4 Å². The number of rotatable bonds is 1. The summed E-state index contributed by atoms with van der Waals surface area (Å²) in [6, 6.07) is 9.13. The van der Waals surface area contributed by atoms with E-state index in [9.17, 15) is 4.79 Å². The van der Waals surface area contributed by atoms with Crippen molar-refractivity contribution in [3.05, 3.63) is 46.9 Å². The summed E-state index contributed by atoms with van der Waals surface area (Å²) in [7, 11) is 0. The van der Waals surface area contributed by atoms with Crippen LogP contribution in [0.25, 0.3) is 15.5 Å². The first-order chi connectivity index (χ1) is 9.34. The van der Waals surface area contributed by atoms with E-state index in [4.69, 9.17) is 9.47 Å². The standard InChI is InChI=1S/C13H8N2O3Se/c16-13-8-4-5-9-11(18-7-17-9)12(8)19-15(13)10-3-1-2-6-14-10/h1-6H,7H2. The van der Waals surface area contributed by atoms with E-state index in [1.165, 1.54) is 0 Å². The van der Waals surface area contributed by atoms with Gasteiger partial charge in [-0.25, -0.2) is 0 Å². The second-order valence-electron chi connectivity index (χ2n) is 4.05. The first-order valence-corrected chi connectivity index (χ1v) is 7.33. The Balaban J connectivity index is 2.05. The van der Waals surface area contributed by atoms with Crippen molar-refractivity contribution in [3.63, 3.8) is 0 Å². The third kappa shape index (κ3) is 1.54. The van der Waals surface area contributed by atoms with Crippen LogP contribution in [-0.4, -0.2) is 30.1 Å². The Morgan fingerprint density at radius 1 is 1.21 bits per heavy atom. The summed E-state index contributed by atoms with van der Waals surface area (Å²) in [6.45, 7) is 0.222. The van der Waals surface area contributed by atoms with E-state index < -0.39 is 0 Å². The van der Waals surface area contributed by atoms with Crippen LogP contribution < -0.4 is 15.0 Å². The maximum atomic E-state index is 12.4. The van der Waals surface area contributed by atoms with Crippen LogP contribution in [0.4, 0.5) is 0 Å². The molecule has 4 rings (SSSR count). The van der Waals surface area contributed by atoms with Crippen molar-refractivity contribution in [2.45, 2.75) is 0 Å². The summed E-state index contributed by atoms with van der Waals surface area (Å²) in [5.41, 5.74) is -0.0213. The van der Waals surface area contributed by atoms with Crippen molar-refractivity contribution in [2.75, 3.05) is 6.79 Å². The molecule has 0 spiro atoms. The van der Waals surface area contributed by atoms with E-state index in [0.717, 1.165) is 10.0 Å². The van der Waals surface area contributed by atoms with E-state index in [2.05, 4.69) is 4.98 Å². The third-order valence-electron chi connectivity index (χ3n) is 2.95. The zero-order chi connectivity index (χ0) is 12.8. The average Bonchev–Trinajstić information content (AvgIpc) is 3.04. The monoisotopic (exact) mass is 320 g/mol. The van der Waals surface area contributed by atoms with Gasteiger partial charge < -0.3 is 0 Å². The maximum absolute atomic E-state index is 12.4. The van der Waals surface area contributed by atoms with Gasteiger partial charge in [0.1, 0.15) is 0 Å². The molecule has 0 aliphatic carbocycles. The number of aromatic nitrogens is 2. The van der Waals surface area contributed by atoms with E-state index in [0.29, 0.717) is 17.0 Å². The van der Waals surface area contributed by atoms with Gasteiger partial charge in [-0.2, -0.15) is 0 Å². The Labute approximate surface area is 114 Å². The Morgan fingerprint density at radius 3 is 3.00 bits per heavy atom. The second-order valence-corrected chi connectivity index (χ2v) is 6.06. The van der Waals surface area contributed by atoms with Crippen molar-refractivity contribution < 1.29 is 9.47 Å². The van der Waals surface area contributed by atoms with Gasteiger partial charge in [-0.15, -0.1) is 0 Å². The Hall–Kier alpha value is -2.04. The van der Waals surface area contributed by atoms with E-state index in [1.54, 1.807) is 21.9 Å². The molecule has 3 aromatic rings. The number of hydrogen-bond donors (Lipinski definition) is 0. The fourth-order valence-corrected chi connectivity index (χ4v) is 4.30. The van der Waals surface area contributed by atoms with Gasteiger partial charge in [0.25, 0.3) is 0 Å². The fourth-order valence-electron chi connectivity index (χ4n) is 2.07. The predicted molar refractivity (Wildman–Crippen MR) is 70.4 cm³/mol. The van der Waals surface area contributed by atoms with Crippen LogP contribution in [0.3, 0.4) is 0 Å². The molecule has 94 valence electrons. The molecule has 3 heterocycles. The molecule has 1 aromatic carbocycles. The first kappa shape index (κ1) is 10.8. The van der Waals surface area contributed by atoms with Gasteiger partial charge in [0.05, 0.1) is 0 Å². The van der Waals surface area contributed by atoms with Crippen LogP contribution in [0, 0.1) is 0 Å². The molecule has 0 N–H and O–H groups in total. The minimum absolute atomic E-state index is 0.0213.